The normalized spacial score (nSPS) is 15.9. The molecule has 0 spiro atoms. The SMILES string of the molecule is CCC(=O)N1CCN(c2cc(COC)nc(C(C)(C)C)n2)CC1. The molecule has 1 saturated heterocycles. The number of hydrogen-bond acceptors (Lipinski definition) is 5. The molecule has 1 aliphatic heterocycles. The highest BCUT2D eigenvalue weighted by atomic mass is 16.5. The average molecular weight is 320 g/mol. The zero-order valence-corrected chi connectivity index (χ0v) is 14.9. The third-order valence-corrected chi connectivity index (χ3v) is 3.99. The molecule has 1 fully saturated rings. The molecule has 0 saturated carbocycles. The molecule has 1 aromatic heterocycles. The van der Waals surface area contributed by atoms with Gasteiger partial charge in [-0.1, -0.05) is 27.7 Å². The number of ether oxygens (including phenoxy) is 1. The van der Waals surface area contributed by atoms with Crippen LogP contribution < -0.4 is 4.90 Å². The molecule has 0 radical (unpaired) electrons. The van der Waals surface area contributed by atoms with Crippen LogP contribution in [0.5, 0.6) is 0 Å². The van der Waals surface area contributed by atoms with Crippen molar-refractivity contribution in [3.63, 3.8) is 0 Å². The minimum absolute atomic E-state index is 0.113. The van der Waals surface area contributed by atoms with Gasteiger partial charge in [-0.2, -0.15) is 0 Å². The Morgan fingerprint density at radius 3 is 2.39 bits per heavy atom. The third kappa shape index (κ3) is 4.41. The van der Waals surface area contributed by atoms with Gasteiger partial charge in [-0.15, -0.1) is 0 Å². The number of nitrogens with zero attached hydrogens (tertiary/aromatic N) is 4. The van der Waals surface area contributed by atoms with Crippen LogP contribution in [0.15, 0.2) is 6.07 Å². The van der Waals surface area contributed by atoms with Crippen molar-refractivity contribution in [2.45, 2.75) is 46.1 Å². The van der Waals surface area contributed by atoms with Gasteiger partial charge in [0.25, 0.3) is 0 Å². The van der Waals surface area contributed by atoms with E-state index in [0.29, 0.717) is 13.0 Å². The van der Waals surface area contributed by atoms with E-state index in [4.69, 9.17) is 9.72 Å². The first-order chi connectivity index (χ1) is 10.8. The summed E-state index contributed by atoms with van der Waals surface area (Å²) in [5.41, 5.74) is 0.785. The van der Waals surface area contributed by atoms with Crippen molar-refractivity contribution in [3.8, 4) is 0 Å². The first-order valence-electron chi connectivity index (χ1n) is 8.25. The van der Waals surface area contributed by atoms with Gasteiger partial charge in [-0.3, -0.25) is 4.79 Å². The molecule has 0 unspecified atom stereocenters. The quantitative estimate of drug-likeness (QED) is 0.849. The fourth-order valence-electron chi connectivity index (χ4n) is 2.61. The Morgan fingerprint density at radius 1 is 1.22 bits per heavy atom. The Hall–Kier alpha value is -1.69. The number of aromatic nitrogens is 2. The predicted octanol–water partition coefficient (Wildman–Crippen LogP) is 1.98. The smallest absolute Gasteiger partial charge is 0.222 e. The van der Waals surface area contributed by atoms with E-state index >= 15 is 0 Å². The molecule has 1 amide bonds. The van der Waals surface area contributed by atoms with E-state index in [1.54, 1.807) is 7.11 Å². The van der Waals surface area contributed by atoms with E-state index in [9.17, 15) is 4.79 Å². The number of methoxy groups -OCH3 is 1. The van der Waals surface area contributed by atoms with E-state index in [1.165, 1.54) is 0 Å². The van der Waals surface area contributed by atoms with Gasteiger partial charge < -0.3 is 14.5 Å². The number of anilines is 1. The topological polar surface area (TPSA) is 58.6 Å². The van der Waals surface area contributed by atoms with Crippen LogP contribution in [-0.2, 0) is 21.6 Å². The molecular weight excluding hydrogens is 292 g/mol. The van der Waals surface area contributed by atoms with E-state index in [2.05, 4.69) is 30.7 Å². The summed E-state index contributed by atoms with van der Waals surface area (Å²) >= 11 is 0. The van der Waals surface area contributed by atoms with Crippen LogP contribution in [0.2, 0.25) is 0 Å². The average Bonchev–Trinajstić information content (AvgIpc) is 2.53. The molecule has 0 N–H and O–H groups in total. The first kappa shape index (κ1) is 17.7. The van der Waals surface area contributed by atoms with Crippen LogP contribution in [-0.4, -0.2) is 54.1 Å². The highest BCUT2D eigenvalue weighted by Gasteiger charge is 2.24. The lowest BCUT2D eigenvalue weighted by Crippen LogP contribution is -2.49. The summed E-state index contributed by atoms with van der Waals surface area (Å²) in [7, 11) is 1.67. The highest BCUT2D eigenvalue weighted by molar-refractivity contribution is 5.76. The Balaban J connectivity index is 2.19. The molecule has 2 rings (SSSR count). The number of carbonyl (C=O) groups excluding carboxylic acids is 1. The van der Waals surface area contributed by atoms with Crippen molar-refractivity contribution in [2.24, 2.45) is 0 Å². The molecular formula is C17H28N4O2. The molecule has 1 aromatic rings. The van der Waals surface area contributed by atoms with Gasteiger partial charge in [0.15, 0.2) is 0 Å². The minimum atomic E-state index is -0.113. The highest BCUT2D eigenvalue weighted by Crippen LogP contribution is 2.23. The largest absolute Gasteiger partial charge is 0.378 e. The summed E-state index contributed by atoms with van der Waals surface area (Å²) in [6.07, 6.45) is 0.569. The fourth-order valence-corrected chi connectivity index (χ4v) is 2.61. The lowest BCUT2D eigenvalue weighted by atomic mass is 9.95. The summed E-state index contributed by atoms with van der Waals surface area (Å²) in [6.45, 7) is 11.8. The standard InChI is InChI=1S/C17H28N4O2/c1-6-15(22)21-9-7-20(8-10-21)14-11-13(12-23-5)18-16(19-14)17(2,3)4/h11H,6-10,12H2,1-5H3. The van der Waals surface area contributed by atoms with Gasteiger partial charge in [-0.05, 0) is 0 Å². The Kier molecular flexibility index (Phi) is 5.57. The summed E-state index contributed by atoms with van der Waals surface area (Å²) in [4.78, 5) is 25.3. The van der Waals surface area contributed by atoms with Crippen LogP contribution in [0.3, 0.4) is 0 Å². The van der Waals surface area contributed by atoms with Crippen molar-refractivity contribution in [1.82, 2.24) is 14.9 Å². The number of amides is 1. The van der Waals surface area contributed by atoms with Gasteiger partial charge in [0, 0.05) is 51.2 Å². The summed E-state index contributed by atoms with van der Waals surface area (Å²) < 4.78 is 5.24. The van der Waals surface area contributed by atoms with Gasteiger partial charge >= 0.3 is 0 Å². The summed E-state index contributed by atoms with van der Waals surface area (Å²) in [6, 6.07) is 2.00. The van der Waals surface area contributed by atoms with Crippen LogP contribution in [0.25, 0.3) is 0 Å². The van der Waals surface area contributed by atoms with E-state index in [0.717, 1.165) is 43.5 Å². The second-order valence-electron chi connectivity index (χ2n) is 6.95. The summed E-state index contributed by atoms with van der Waals surface area (Å²) in [5, 5.41) is 0. The van der Waals surface area contributed by atoms with Crippen molar-refractivity contribution in [2.75, 3.05) is 38.2 Å². The number of piperazine rings is 1. The zero-order valence-electron chi connectivity index (χ0n) is 14.9. The monoisotopic (exact) mass is 320 g/mol. The zero-order chi connectivity index (χ0) is 17.0. The number of hydrogen-bond donors (Lipinski definition) is 0. The Labute approximate surface area is 138 Å². The fraction of sp³-hybridized carbons (Fsp3) is 0.706. The molecule has 0 atom stereocenters. The van der Waals surface area contributed by atoms with Crippen LogP contribution in [0.4, 0.5) is 5.82 Å². The van der Waals surface area contributed by atoms with Gasteiger partial charge in [0.05, 0.1) is 12.3 Å². The lowest BCUT2D eigenvalue weighted by Gasteiger charge is -2.36. The maximum Gasteiger partial charge on any atom is 0.222 e. The maximum atomic E-state index is 11.8. The molecule has 0 bridgehead atoms. The minimum Gasteiger partial charge on any atom is -0.378 e. The molecule has 2 heterocycles. The van der Waals surface area contributed by atoms with Crippen LogP contribution in [0.1, 0.15) is 45.6 Å². The van der Waals surface area contributed by atoms with Crippen molar-refractivity contribution in [3.05, 3.63) is 17.6 Å². The van der Waals surface area contributed by atoms with Crippen molar-refractivity contribution in [1.29, 1.82) is 0 Å². The first-order valence-corrected chi connectivity index (χ1v) is 8.25. The Morgan fingerprint density at radius 2 is 1.87 bits per heavy atom. The van der Waals surface area contributed by atoms with E-state index in [-0.39, 0.29) is 11.3 Å². The van der Waals surface area contributed by atoms with Crippen molar-refractivity contribution < 1.29 is 9.53 Å². The molecule has 0 aromatic carbocycles. The second-order valence-corrected chi connectivity index (χ2v) is 6.95. The van der Waals surface area contributed by atoms with E-state index in [1.807, 2.05) is 17.9 Å². The Bertz CT molecular complexity index is 546. The van der Waals surface area contributed by atoms with Gasteiger partial charge in [0.2, 0.25) is 5.91 Å². The predicted molar refractivity (Wildman–Crippen MR) is 90.5 cm³/mol. The molecule has 23 heavy (non-hydrogen) atoms. The number of rotatable bonds is 4. The molecule has 128 valence electrons. The number of carbonyl (C=O) groups is 1. The van der Waals surface area contributed by atoms with Crippen LogP contribution in [0, 0.1) is 0 Å². The molecule has 6 nitrogen and oxygen atoms in total. The van der Waals surface area contributed by atoms with Crippen LogP contribution >= 0.6 is 0 Å². The molecule has 1 aliphatic rings. The van der Waals surface area contributed by atoms with Gasteiger partial charge in [-0.25, -0.2) is 9.97 Å². The second kappa shape index (κ2) is 7.25. The van der Waals surface area contributed by atoms with E-state index < -0.39 is 0 Å². The maximum absolute atomic E-state index is 11.8. The van der Waals surface area contributed by atoms with Gasteiger partial charge in [0.1, 0.15) is 11.6 Å². The lowest BCUT2D eigenvalue weighted by molar-refractivity contribution is -0.131. The molecule has 6 heteroatoms. The third-order valence-electron chi connectivity index (χ3n) is 3.99. The summed E-state index contributed by atoms with van der Waals surface area (Å²) in [5.74, 6) is 1.98. The van der Waals surface area contributed by atoms with Crippen molar-refractivity contribution >= 4 is 11.7 Å². The molecule has 0 aliphatic carbocycles.